The fraction of sp³-hybridized carbons (Fsp3) is 0.111. The first-order valence-electron chi connectivity index (χ1n) is 3.68. The van der Waals surface area contributed by atoms with Gasteiger partial charge in [0.2, 0.25) is 0 Å². The minimum atomic E-state index is 0.645. The Kier molecular flexibility index (Phi) is 1.92. The smallest absolute Gasteiger partial charge is 0.0742 e. The number of benzene rings is 1. The van der Waals surface area contributed by atoms with Crippen LogP contribution < -0.4 is 0 Å². The molecule has 0 unspecified atom stereocenters. The second-order valence-electron chi connectivity index (χ2n) is 2.51. The predicted octanol–water partition coefficient (Wildman–Crippen LogP) is 2.47. The maximum atomic E-state index is 5.82. The Morgan fingerprint density at radius 3 is 3.17 bits per heavy atom. The molecule has 0 saturated heterocycles. The quantitative estimate of drug-likeness (QED) is 0.583. The molecule has 3 heteroatoms. The number of aliphatic imine (C=N–C) groups is 2. The number of nitrogens with zero attached hydrogens (tertiary/aromatic N) is 2. The van der Waals surface area contributed by atoms with Gasteiger partial charge in [-0.3, -0.25) is 9.98 Å². The third-order valence-corrected chi connectivity index (χ3v) is 1.87. The molecule has 12 heavy (non-hydrogen) atoms. The second kappa shape index (κ2) is 3.07. The summed E-state index contributed by atoms with van der Waals surface area (Å²) in [5.74, 6) is 0. The molecule has 0 aromatic heterocycles. The molecular formula is C9H7ClN2. The Hall–Kier alpha value is -1.15. The summed E-state index contributed by atoms with van der Waals surface area (Å²) >= 11 is 5.82. The van der Waals surface area contributed by atoms with E-state index in [2.05, 4.69) is 9.98 Å². The van der Waals surface area contributed by atoms with E-state index in [1.54, 1.807) is 12.4 Å². The van der Waals surface area contributed by atoms with Gasteiger partial charge in [-0.1, -0.05) is 11.6 Å². The first-order chi connectivity index (χ1) is 5.86. The SMILES string of the molecule is Clc1ccc2c(c1)C=NCC=N2. The molecule has 60 valence electrons. The summed E-state index contributed by atoms with van der Waals surface area (Å²) in [5, 5.41) is 0.720. The molecule has 0 saturated carbocycles. The first-order valence-corrected chi connectivity index (χ1v) is 4.06. The lowest BCUT2D eigenvalue weighted by molar-refractivity contribution is 1.35. The zero-order valence-electron chi connectivity index (χ0n) is 6.37. The Morgan fingerprint density at radius 1 is 1.33 bits per heavy atom. The number of rotatable bonds is 0. The lowest BCUT2D eigenvalue weighted by atomic mass is 10.2. The van der Waals surface area contributed by atoms with E-state index in [0.29, 0.717) is 6.54 Å². The van der Waals surface area contributed by atoms with E-state index in [-0.39, 0.29) is 0 Å². The van der Waals surface area contributed by atoms with Crippen LogP contribution in [-0.2, 0) is 0 Å². The highest BCUT2D eigenvalue weighted by Gasteiger charge is 2.00. The Labute approximate surface area is 75.6 Å². The molecule has 2 nitrogen and oxygen atoms in total. The molecule has 1 aliphatic rings. The maximum Gasteiger partial charge on any atom is 0.0742 e. The van der Waals surface area contributed by atoms with Gasteiger partial charge in [-0.05, 0) is 18.2 Å². The van der Waals surface area contributed by atoms with Gasteiger partial charge in [0.1, 0.15) is 0 Å². The molecule has 1 aromatic carbocycles. The van der Waals surface area contributed by atoms with Crippen LogP contribution in [0.1, 0.15) is 5.56 Å². The molecule has 0 radical (unpaired) electrons. The Morgan fingerprint density at radius 2 is 2.25 bits per heavy atom. The number of hydrogen-bond donors (Lipinski definition) is 0. The van der Waals surface area contributed by atoms with Crippen LogP contribution in [0.25, 0.3) is 0 Å². The fourth-order valence-corrected chi connectivity index (χ4v) is 1.26. The number of fused-ring (bicyclic) bond motifs is 1. The van der Waals surface area contributed by atoms with Crippen molar-refractivity contribution in [3.8, 4) is 0 Å². The molecule has 2 rings (SSSR count). The zero-order chi connectivity index (χ0) is 8.39. The van der Waals surface area contributed by atoms with Crippen LogP contribution in [0.3, 0.4) is 0 Å². The van der Waals surface area contributed by atoms with Gasteiger partial charge in [0.05, 0.1) is 12.2 Å². The minimum absolute atomic E-state index is 0.645. The van der Waals surface area contributed by atoms with Gasteiger partial charge in [0, 0.05) is 23.0 Å². The highest BCUT2D eigenvalue weighted by molar-refractivity contribution is 6.31. The molecule has 1 aromatic rings. The lowest BCUT2D eigenvalue weighted by Gasteiger charge is -1.97. The molecule has 0 spiro atoms. The Bertz CT molecular complexity index is 356. The van der Waals surface area contributed by atoms with Crippen molar-refractivity contribution in [2.45, 2.75) is 0 Å². The van der Waals surface area contributed by atoms with Crippen molar-refractivity contribution in [3.05, 3.63) is 28.8 Å². The van der Waals surface area contributed by atoms with Gasteiger partial charge in [-0.2, -0.15) is 0 Å². The molecule has 0 N–H and O–H groups in total. The van der Waals surface area contributed by atoms with Crippen molar-refractivity contribution in [1.29, 1.82) is 0 Å². The fourth-order valence-electron chi connectivity index (χ4n) is 1.08. The van der Waals surface area contributed by atoms with Crippen LogP contribution in [0, 0.1) is 0 Å². The zero-order valence-corrected chi connectivity index (χ0v) is 7.12. The molecule has 0 fully saturated rings. The second-order valence-corrected chi connectivity index (χ2v) is 2.95. The monoisotopic (exact) mass is 178 g/mol. The largest absolute Gasteiger partial charge is 0.287 e. The maximum absolute atomic E-state index is 5.82. The number of halogens is 1. The van der Waals surface area contributed by atoms with Crippen molar-refractivity contribution >= 4 is 29.7 Å². The summed E-state index contributed by atoms with van der Waals surface area (Å²) in [4.78, 5) is 8.34. The van der Waals surface area contributed by atoms with Crippen LogP contribution in [0.15, 0.2) is 28.2 Å². The molecule has 0 atom stereocenters. The van der Waals surface area contributed by atoms with Crippen LogP contribution in [-0.4, -0.2) is 19.0 Å². The highest BCUT2D eigenvalue weighted by Crippen LogP contribution is 2.22. The topological polar surface area (TPSA) is 24.7 Å². The molecule has 0 bridgehead atoms. The van der Waals surface area contributed by atoms with Crippen molar-refractivity contribution < 1.29 is 0 Å². The minimum Gasteiger partial charge on any atom is -0.287 e. The summed E-state index contributed by atoms with van der Waals surface area (Å²) in [6.45, 7) is 0.645. The van der Waals surface area contributed by atoms with E-state index in [1.807, 2.05) is 18.2 Å². The van der Waals surface area contributed by atoms with Crippen molar-refractivity contribution in [3.63, 3.8) is 0 Å². The third-order valence-electron chi connectivity index (χ3n) is 1.64. The average Bonchev–Trinajstić information content (AvgIpc) is 2.28. The van der Waals surface area contributed by atoms with E-state index in [1.165, 1.54) is 0 Å². The van der Waals surface area contributed by atoms with Gasteiger partial charge in [0.25, 0.3) is 0 Å². The standard InChI is InChI=1S/C9H7ClN2/c10-8-1-2-9-7(5-8)6-11-3-4-12-9/h1-2,4-6H,3H2. The van der Waals surface area contributed by atoms with Crippen molar-refractivity contribution in [2.75, 3.05) is 6.54 Å². The van der Waals surface area contributed by atoms with E-state index in [9.17, 15) is 0 Å². The molecule has 1 heterocycles. The van der Waals surface area contributed by atoms with Crippen molar-refractivity contribution in [2.24, 2.45) is 9.98 Å². The summed E-state index contributed by atoms with van der Waals surface area (Å²) < 4.78 is 0. The summed E-state index contributed by atoms with van der Waals surface area (Å²) in [5.41, 5.74) is 1.91. The summed E-state index contributed by atoms with van der Waals surface area (Å²) in [6.07, 6.45) is 3.59. The average molecular weight is 179 g/mol. The predicted molar refractivity (Wildman–Crippen MR) is 52.1 cm³/mol. The lowest BCUT2D eigenvalue weighted by Crippen LogP contribution is -1.80. The summed E-state index contributed by atoms with van der Waals surface area (Å²) in [6, 6.07) is 5.59. The van der Waals surface area contributed by atoms with E-state index in [4.69, 9.17) is 11.6 Å². The molecular weight excluding hydrogens is 172 g/mol. The van der Waals surface area contributed by atoms with Gasteiger partial charge in [-0.15, -0.1) is 0 Å². The highest BCUT2D eigenvalue weighted by atomic mass is 35.5. The van der Waals surface area contributed by atoms with Gasteiger partial charge in [-0.25, -0.2) is 0 Å². The van der Waals surface area contributed by atoms with Crippen LogP contribution in [0.4, 0.5) is 5.69 Å². The van der Waals surface area contributed by atoms with E-state index >= 15 is 0 Å². The van der Waals surface area contributed by atoms with Crippen LogP contribution >= 0.6 is 11.6 Å². The van der Waals surface area contributed by atoms with Gasteiger partial charge >= 0.3 is 0 Å². The molecule has 1 aliphatic heterocycles. The normalized spacial score (nSPS) is 14.1. The van der Waals surface area contributed by atoms with E-state index < -0.39 is 0 Å². The first kappa shape index (κ1) is 7.50. The molecule has 0 amide bonds. The number of hydrogen-bond acceptors (Lipinski definition) is 2. The van der Waals surface area contributed by atoms with Gasteiger partial charge in [0.15, 0.2) is 0 Å². The van der Waals surface area contributed by atoms with Crippen molar-refractivity contribution in [1.82, 2.24) is 0 Å². The van der Waals surface area contributed by atoms with Crippen LogP contribution in [0.5, 0.6) is 0 Å². The molecule has 0 aliphatic carbocycles. The summed E-state index contributed by atoms with van der Waals surface area (Å²) in [7, 11) is 0. The van der Waals surface area contributed by atoms with Gasteiger partial charge < -0.3 is 0 Å². The Balaban J connectivity index is 2.58. The third kappa shape index (κ3) is 1.38. The van der Waals surface area contributed by atoms with E-state index in [0.717, 1.165) is 16.3 Å². The van der Waals surface area contributed by atoms with Crippen LogP contribution in [0.2, 0.25) is 5.02 Å².